The quantitative estimate of drug-likeness (QED) is 0.779. The van der Waals surface area contributed by atoms with E-state index >= 15 is 0 Å². The van der Waals surface area contributed by atoms with E-state index in [1.807, 2.05) is 19.9 Å². The lowest BCUT2D eigenvalue weighted by molar-refractivity contribution is 0.0583. The highest BCUT2D eigenvalue weighted by Crippen LogP contribution is 2.29. The van der Waals surface area contributed by atoms with Crippen LogP contribution in [0.15, 0.2) is 12.1 Å². The van der Waals surface area contributed by atoms with E-state index < -0.39 is 5.54 Å². The van der Waals surface area contributed by atoms with Crippen LogP contribution >= 0.6 is 22.9 Å². The number of halogens is 1. The van der Waals surface area contributed by atoms with E-state index in [4.69, 9.17) is 11.6 Å². The Labute approximate surface area is 112 Å². The molecular weight excluding hydrogens is 254 g/mol. The number of hydrogen-bond acceptors (Lipinski definition) is 3. The van der Waals surface area contributed by atoms with E-state index in [1.165, 1.54) is 30.6 Å². The third-order valence-electron chi connectivity index (χ3n) is 3.50. The Morgan fingerprint density at radius 3 is 2.47 bits per heavy atom. The Balaban J connectivity index is 2.16. The molecular formula is C13H18ClNOS. The normalized spacial score (nSPS) is 18.3. The highest BCUT2D eigenvalue weighted by molar-refractivity contribution is 7.18. The predicted molar refractivity (Wildman–Crippen MR) is 73.2 cm³/mol. The number of nitrogens with zero attached hydrogens (tertiary/aromatic N) is 1. The van der Waals surface area contributed by atoms with Gasteiger partial charge in [-0.3, -0.25) is 9.69 Å². The predicted octanol–water partition coefficient (Wildman–Crippen LogP) is 3.85. The maximum Gasteiger partial charge on any atom is 0.192 e. The van der Waals surface area contributed by atoms with Crippen LogP contribution in [0, 0.1) is 0 Å². The van der Waals surface area contributed by atoms with E-state index in [1.54, 1.807) is 6.07 Å². The summed E-state index contributed by atoms with van der Waals surface area (Å²) in [4.78, 5) is 15.6. The average Bonchev–Trinajstić information content (AvgIpc) is 2.76. The molecule has 2 nitrogen and oxygen atoms in total. The van der Waals surface area contributed by atoms with Gasteiger partial charge in [-0.25, -0.2) is 0 Å². The standard InChI is InChI=1S/C13H18ClNOS/c1-13(2,15-8-4-3-5-9-15)12(16)10-6-7-11(14)17-10/h6-7H,3-5,8-9H2,1-2H3. The molecule has 0 atom stereocenters. The molecule has 1 saturated heterocycles. The van der Waals surface area contributed by atoms with Crippen molar-refractivity contribution < 1.29 is 4.79 Å². The summed E-state index contributed by atoms with van der Waals surface area (Å²) in [5, 5.41) is 0. The fourth-order valence-electron chi connectivity index (χ4n) is 2.33. The van der Waals surface area contributed by atoms with Gasteiger partial charge in [0.25, 0.3) is 0 Å². The summed E-state index contributed by atoms with van der Waals surface area (Å²) < 4.78 is 0.683. The minimum Gasteiger partial charge on any atom is -0.291 e. The van der Waals surface area contributed by atoms with Crippen LogP contribution in [0.4, 0.5) is 0 Å². The molecule has 1 aliphatic rings. The topological polar surface area (TPSA) is 20.3 Å². The molecule has 1 fully saturated rings. The molecule has 0 bridgehead atoms. The number of thiophene rings is 1. The SMILES string of the molecule is CC(C)(C(=O)c1ccc(Cl)s1)N1CCCCC1. The lowest BCUT2D eigenvalue weighted by atomic mass is 9.93. The number of carbonyl (C=O) groups excluding carboxylic acids is 1. The molecule has 0 unspecified atom stereocenters. The second kappa shape index (κ2) is 5.09. The first-order chi connectivity index (χ1) is 8.01. The Hall–Kier alpha value is -0.380. The van der Waals surface area contributed by atoms with E-state index in [-0.39, 0.29) is 5.78 Å². The first kappa shape index (κ1) is 13.1. The average molecular weight is 272 g/mol. The minimum atomic E-state index is -0.408. The van der Waals surface area contributed by atoms with Crippen molar-refractivity contribution in [3.8, 4) is 0 Å². The first-order valence-electron chi connectivity index (χ1n) is 6.07. The van der Waals surface area contributed by atoms with Gasteiger partial charge in [-0.2, -0.15) is 0 Å². The number of hydrogen-bond donors (Lipinski definition) is 0. The highest BCUT2D eigenvalue weighted by Gasteiger charge is 2.36. The molecule has 0 radical (unpaired) electrons. The fourth-order valence-corrected chi connectivity index (χ4v) is 3.47. The lowest BCUT2D eigenvalue weighted by Gasteiger charge is -2.39. The number of likely N-dealkylation sites (tertiary alicyclic amines) is 1. The van der Waals surface area contributed by atoms with E-state index in [0.29, 0.717) is 4.34 Å². The van der Waals surface area contributed by atoms with Crippen LogP contribution in [0.5, 0.6) is 0 Å². The van der Waals surface area contributed by atoms with Gasteiger partial charge in [0.15, 0.2) is 5.78 Å². The summed E-state index contributed by atoms with van der Waals surface area (Å²) in [5.41, 5.74) is -0.408. The largest absolute Gasteiger partial charge is 0.291 e. The van der Waals surface area contributed by atoms with Gasteiger partial charge >= 0.3 is 0 Å². The highest BCUT2D eigenvalue weighted by atomic mass is 35.5. The third kappa shape index (κ3) is 2.72. The molecule has 94 valence electrons. The summed E-state index contributed by atoms with van der Waals surface area (Å²) in [6.45, 7) is 6.10. The van der Waals surface area contributed by atoms with Gasteiger partial charge in [0.1, 0.15) is 0 Å². The zero-order valence-corrected chi connectivity index (χ0v) is 11.9. The fraction of sp³-hybridized carbons (Fsp3) is 0.615. The van der Waals surface area contributed by atoms with Gasteiger partial charge in [-0.1, -0.05) is 18.0 Å². The molecule has 1 aliphatic heterocycles. The van der Waals surface area contributed by atoms with Gasteiger partial charge in [0, 0.05) is 0 Å². The monoisotopic (exact) mass is 271 g/mol. The minimum absolute atomic E-state index is 0.191. The second-order valence-electron chi connectivity index (χ2n) is 5.04. The van der Waals surface area contributed by atoms with Gasteiger partial charge in [-0.15, -0.1) is 11.3 Å². The Bertz CT molecular complexity index is 407. The van der Waals surface area contributed by atoms with Crippen molar-refractivity contribution in [2.24, 2.45) is 0 Å². The number of ketones is 1. The van der Waals surface area contributed by atoms with Gasteiger partial charge in [0.2, 0.25) is 0 Å². The van der Waals surface area contributed by atoms with Crippen LogP contribution in [-0.4, -0.2) is 29.3 Å². The van der Waals surface area contributed by atoms with Crippen molar-refractivity contribution in [3.63, 3.8) is 0 Å². The van der Waals surface area contributed by atoms with Gasteiger partial charge in [0.05, 0.1) is 14.8 Å². The number of Topliss-reactive ketones (excluding diaryl/α,β-unsaturated/α-hetero) is 1. The van der Waals surface area contributed by atoms with Crippen molar-refractivity contribution >= 4 is 28.7 Å². The third-order valence-corrected chi connectivity index (χ3v) is 4.73. The van der Waals surface area contributed by atoms with Crippen LogP contribution in [0.3, 0.4) is 0 Å². The molecule has 0 spiro atoms. The van der Waals surface area contributed by atoms with Gasteiger partial charge in [-0.05, 0) is 51.9 Å². The van der Waals surface area contributed by atoms with E-state index in [0.717, 1.165) is 18.0 Å². The molecule has 0 aromatic carbocycles. The molecule has 2 heterocycles. The van der Waals surface area contributed by atoms with Gasteiger partial charge < -0.3 is 0 Å². The summed E-state index contributed by atoms with van der Waals surface area (Å²) >= 11 is 7.27. The summed E-state index contributed by atoms with van der Waals surface area (Å²) in [6, 6.07) is 3.63. The van der Waals surface area contributed by atoms with Crippen molar-refractivity contribution in [1.82, 2.24) is 4.90 Å². The smallest absolute Gasteiger partial charge is 0.192 e. The molecule has 2 rings (SSSR count). The van der Waals surface area contributed by atoms with E-state index in [9.17, 15) is 4.79 Å². The summed E-state index contributed by atoms with van der Waals surface area (Å²) in [5.74, 6) is 0.191. The number of piperidine rings is 1. The zero-order valence-electron chi connectivity index (χ0n) is 10.3. The van der Waals surface area contributed by atoms with E-state index in [2.05, 4.69) is 4.90 Å². The summed E-state index contributed by atoms with van der Waals surface area (Å²) in [7, 11) is 0. The van der Waals surface area contributed by atoms with Crippen molar-refractivity contribution in [2.75, 3.05) is 13.1 Å². The second-order valence-corrected chi connectivity index (χ2v) is 6.75. The number of carbonyl (C=O) groups is 1. The zero-order chi connectivity index (χ0) is 12.5. The first-order valence-corrected chi connectivity index (χ1v) is 7.26. The van der Waals surface area contributed by atoms with Crippen molar-refractivity contribution in [3.05, 3.63) is 21.3 Å². The Kier molecular flexibility index (Phi) is 3.91. The van der Waals surface area contributed by atoms with Crippen LogP contribution in [0.1, 0.15) is 42.8 Å². The molecule has 0 saturated carbocycles. The molecule has 0 N–H and O–H groups in total. The van der Waals surface area contributed by atoms with Crippen molar-refractivity contribution in [2.45, 2.75) is 38.6 Å². The molecule has 1 aromatic heterocycles. The number of rotatable bonds is 3. The molecule has 17 heavy (non-hydrogen) atoms. The molecule has 0 aliphatic carbocycles. The van der Waals surface area contributed by atoms with Crippen molar-refractivity contribution in [1.29, 1.82) is 0 Å². The molecule has 4 heteroatoms. The van der Waals surface area contributed by atoms with Crippen LogP contribution in [-0.2, 0) is 0 Å². The Morgan fingerprint density at radius 1 is 1.29 bits per heavy atom. The molecule has 1 aromatic rings. The lowest BCUT2D eigenvalue weighted by Crippen LogP contribution is -2.51. The van der Waals surface area contributed by atoms with Crippen LogP contribution in [0.2, 0.25) is 4.34 Å². The maximum absolute atomic E-state index is 12.5. The van der Waals surface area contributed by atoms with Crippen LogP contribution < -0.4 is 0 Å². The van der Waals surface area contributed by atoms with Crippen LogP contribution in [0.25, 0.3) is 0 Å². The Morgan fingerprint density at radius 2 is 1.94 bits per heavy atom. The molecule has 0 amide bonds. The summed E-state index contributed by atoms with van der Waals surface area (Å²) in [6.07, 6.45) is 3.68. The maximum atomic E-state index is 12.5.